The van der Waals surface area contributed by atoms with Gasteiger partial charge in [0.1, 0.15) is 18.4 Å². The summed E-state index contributed by atoms with van der Waals surface area (Å²) in [7, 11) is 0. The van der Waals surface area contributed by atoms with Crippen LogP contribution in [0.2, 0.25) is 5.02 Å². The first-order chi connectivity index (χ1) is 17.3. The molecule has 0 radical (unpaired) electrons. The zero-order valence-corrected chi connectivity index (χ0v) is 20.5. The van der Waals surface area contributed by atoms with Gasteiger partial charge in [-0.2, -0.15) is 0 Å². The number of halogens is 2. The zero-order valence-electron chi connectivity index (χ0n) is 19.8. The number of hydrogen-bond acceptors (Lipinski definition) is 4. The number of aliphatic hydroxyl groups excluding tert-OH is 1. The minimum Gasteiger partial charge on any atom is -0.396 e. The first kappa shape index (κ1) is 24.5. The van der Waals surface area contributed by atoms with Gasteiger partial charge < -0.3 is 19.9 Å². The Labute approximate surface area is 212 Å². The lowest BCUT2D eigenvalue weighted by Crippen LogP contribution is -2.49. The van der Waals surface area contributed by atoms with Gasteiger partial charge in [-0.15, -0.1) is 0 Å². The number of benzene rings is 2. The van der Waals surface area contributed by atoms with Crippen LogP contribution in [-0.2, 0) is 16.1 Å². The third-order valence-electron chi connectivity index (χ3n) is 7.26. The number of nitrogens with one attached hydrogen (secondary N) is 1. The molecule has 36 heavy (non-hydrogen) atoms. The number of Topliss-reactive ketones (excluding diaryl/α,β-unsaturated/α-hetero) is 1. The molecule has 9 heteroatoms. The zero-order chi connectivity index (χ0) is 25.6. The van der Waals surface area contributed by atoms with E-state index >= 15 is 0 Å². The van der Waals surface area contributed by atoms with Crippen LogP contribution < -0.4 is 5.32 Å². The van der Waals surface area contributed by atoms with Gasteiger partial charge in [-0.25, -0.2) is 4.39 Å². The molecular formula is C27H27ClFN3O4. The second-order valence-corrected chi connectivity index (χ2v) is 9.98. The molecule has 5 rings (SSSR count). The van der Waals surface area contributed by atoms with Crippen LogP contribution in [0.25, 0.3) is 10.9 Å². The molecule has 2 aromatic carbocycles. The van der Waals surface area contributed by atoms with E-state index in [9.17, 15) is 23.9 Å². The van der Waals surface area contributed by atoms with Crippen molar-refractivity contribution in [2.24, 2.45) is 5.92 Å². The molecule has 0 bridgehead atoms. The Morgan fingerprint density at radius 3 is 2.69 bits per heavy atom. The number of ketones is 1. The minimum absolute atomic E-state index is 0.00144. The van der Waals surface area contributed by atoms with Gasteiger partial charge in [0.2, 0.25) is 11.8 Å². The Kier molecular flexibility index (Phi) is 6.57. The summed E-state index contributed by atoms with van der Waals surface area (Å²) in [5, 5.41) is 13.1. The summed E-state index contributed by atoms with van der Waals surface area (Å²) in [6.07, 6.45) is 3.19. The van der Waals surface area contributed by atoms with Gasteiger partial charge in [-0.05, 0) is 44.2 Å². The molecule has 2 fully saturated rings. The SMILES string of the molecule is CC(=O)c1cn(CC(=O)N2[C@@H]3CC3C[C@H]2C(=O)N[C@H](CCO)c2cccc(Cl)c2F)c2ccccc12. The highest BCUT2D eigenvalue weighted by Gasteiger charge is 2.56. The topological polar surface area (TPSA) is 91.6 Å². The van der Waals surface area contributed by atoms with E-state index in [1.807, 2.05) is 24.3 Å². The predicted octanol–water partition coefficient (Wildman–Crippen LogP) is 3.87. The van der Waals surface area contributed by atoms with E-state index in [-0.39, 0.29) is 59.7 Å². The molecule has 1 unspecified atom stereocenters. The summed E-state index contributed by atoms with van der Waals surface area (Å²) in [6.45, 7) is 1.24. The number of rotatable bonds is 8. The second kappa shape index (κ2) is 9.67. The number of para-hydroxylation sites is 1. The van der Waals surface area contributed by atoms with Crippen molar-refractivity contribution in [3.8, 4) is 0 Å². The Balaban J connectivity index is 1.37. The van der Waals surface area contributed by atoms with Crippen LogP contribution in [0.3, 0.4) is 0 Å². The molecule has 7 nitrogen and oxygen atoms in total. The maximum atomic E-state index is 14.6. The summed E-state index contributed by atoms with van der Waals surface area (Å²) in [6, 6.07) is 10.5. The largest absolute Gasteiger partial charge is 0.396 e. The molecule has 3 aromatic rings. The molecule has 2 aliphatic rings. The third kappa shape index (κ3) is 4.40. The van der Waals surface area contributed by atoms with Gasteiger partial charge >= 0.3 is 0 Å². The second-order valence-electron chi connectivity index (χ2n) is 9.58. The fraction of sp³-hybridized carbons (Fsp3) is 0.370. The average Bonchev–Trinajstić information content (AvgIpc) is 3.35. The molecule has 1 aromatic heterocycles. The summed E-state index contributed by atoms with van der Waals surface area (Å²) < 4.78 is 16.4. The number of likely N-dealkylation sites (tertiary alicyclic amines) is 1. The number of nitrogens with zero attached hydrogens (tertiary/aromatic N) is 2. The number of aliphatic hydroxyl groups is 1. The van der Waals surface area contributed by atoms with Crippen molar-refractivity contribution in [1.29, 1.82) is 0 Å². The summed E-state index contributed by atoms with van der Waals surface area (Å²) in [5.74, 6) is -1.04. The van der Waals surface area contributed by atoms with E-state index < -0.39 is 17.9 Å². The van der Waals surface area contributed by atoms with E-state index in [0.717, 1.165) is 17.3 Å². The summed E-state index contributed by atoms with van der Waals surface area (Å²) in [5.41, 5.74) is 1.53. The van der Waals surface area contributed by atoms with Gasteiger partial charge in [-0.3, -0.25) is 14.4 Å². The third-order valence-corrected chi connectivity index (χ3v) is 7.55. The predicted molar refractivity (Wildman–Crippen MR) is 133 cm³/mol. The van der Waals surface area contributed by atoms with E-state index in [0.29, 0.717) is 12.0 Å². The van der Waals surface area contributed by atoms with E-state index in [1.165, 1.54) is 19.1 Å². The number of fused-ring (bicyclic) bond motifs is 2. The molecule has 1 saturated heterocycles. The van der Waals surface area contributed by atoms with E-state index in [2.05, 4.69) is 5.32 Å². The van der Waals surface area contributed by atoms with Crippen LogP contribution in [-0.4, -0.2) is 50.9 Å². The highest BCUT2D eigenvalue weighted by Crippen LogP contribution is 2.48. The monoisotopic (exact) mass is 511 g/mol. The first-order valence-electron chi connectivity index (χ1n) is 12.0. The van der Waals surface area contributed by atoms with Crippen LogP contribution in [0.1, 0.15) is 48.1 Å². The van der Waals surface area contributed by atoms with Gasteiger partial charge in [-0.1, -0.05) is 41.9 Å². The average molecular weight is 512 g/mol. The van der Waals surface area contributed by atoms with Crippen LogP contribution in [0.15, 0.2) is 48.7 Å². The van der Waals surface area contributed by atoms with Gasteiger partial charge in [0.15, 0.2) is 5.78 Å². The van der Waals surface area contributed by atoms with Crippen LogP contribution in [0.4, 0.5) is 4.39 Å². The highest BCUT2D eigenvalue weighted by molar-refractivity contribution is 6.30. The molecular weight excluding hydrogens is 485 g/mol. The molecule has 2 amide bonds. The molecule has 188 valence electrons. The number of hydrogen-bond donors (Lipinski definition) is 2. The van der Waals surface area contributed by atoms with Crippen LogP contribution in [0, 0.1) is 11.7 Å². The Hall–Kier alpha value is -3.23. The summed E-state index contributed by atoms with van der Waals surface area (Å²) >= 11 is 5.92. The maximum Gasteiger partial charge on any atom is 0.243 e. The van der Waals surface area contributed by atoms with Crippen molar-refractivity contribution >= 4 is 40.1 Å². The van der Waals surface area contributed by atoms with E-state index in [4.69, 9.17) is 11.6 Å². The molecule has 0 spiro atoms. The van der Waals surface area contributed by atoms with Gasteiger partial charge in [0, 0.05) is 40.9 Å². The van der Waals surface area contributed by atoms with Crippen molar-refractivity contribution in [2.45, 2.75) is 50.9 Å². The van der Waals surface area contributed by atoms with Gasteiger partial charge in [0.05, 0.1) is 11.1 Å². The quantitative estimate of drug-likeness (QED) is 0.449. The number of amides is 2. The van der Waals surface area contributed by atoms with E-state index in [1.54, 1.807) is 21.7 Å². The molecule has 1 aliphatic heterocycles. The van der Waals surface area contributed by atoms with Gasteiger partial charge in [0.25, 0.3) is 0 Å². The van der Waals surface area contributed by atoms with Crippen molar-refractivity contribution in [2.75, 3.05) is 6.61 Å². The Morgan fingerprint density at radius 2 is 1.94 bits per heavy atom. The lowest BCUT2D eigenvalue weighted by Gasteiger charge is -2.29. The lowest BCUT2D eigenvalue weighted by molar-refractivity contribution is -0.140. The molecule has 4 atom stereocenters. The molecule has 2 heterocycles. The molecule has 1 aliphatic carbocycles. The van der Waals surface area contributed by atoms with Crippen molar-refractivity contribution < 1.29 is 23.9 Å². The lowest BCUT2D eigenvalue weighted by atomic mass is 10.0. The van der Waals surface area contributed by atoms with Crippen LogP contribution in [0.5, 0.6) is 0 Å². The summed E-state index contributed by atoms with van der Waals surface area (Å²) in [4.78, 5) is 40.6. The van der Waals surface area contributed by atoms with Crippen molar-refractivity contribution in [3.05, 3.63) is 70.6 Å². The fourth-order valence-electron chi connectivity index (χ4n) is 5.43. The first-order valence-corrected chi connectivity index (χ1v) is 12.4. The van der Waals surface area contributed by atoms with Crippen molar-refractivity contribution in [3.63, 3.8) is 0 Å². The smallest absolute Gasteiger partial charge is 0.243 e. The Morgan fingerprint density at radius 1 is 1.17 bits per heavy atom. The molecule has 1 saturated carbocycles. The highest BCUT2D eigenvalue weighted by atomic mass is 35.5. The number of carbonyl (C=O) groups is 3. The fourth-order valence-corrected chi connectivity index (χ4v) is 5.61. The maximum absolute atomic E-state index is 14.6. The van der Waals surface area contributed by atoms with Crippen LogP contribution >= 0.6 is 11.6 Å². The minimum atomic E-state index is -0.776. The number of aromatic nitrogens is 1. The number of carbonyl (C=O) groups excluding carboxylic acids is 3. The normalized spacial score (nSPS) is 21.3. The Bertz CT molecular complexity index is 1360. The molecule has 2 N–H and O–H groups in total. The van der Waals surface area contributed by atoms with Crippen molar-refractivity contribution in [1.82, 2.24) is 14.8 Å². The standard InChI is InChI=1S/C27H27ClFN3O4/c1-15(34)19-13-31(22-8-3-2-5-17(19)22)14-25(35)32-23-11-16(23)12-24(32)27(36)30-21(9-10-33)18-6-4-7-20(28)26(18)29/h2-8,13,16,21,23-24,33H,9-12,14H2,1H3,(H,30,36)/t16?,21-,23-,24+/m1/s1. The number of piperidine rings is 1.